The number of halogens is 1. The van der Waals surface area contributed by atoms with Crippen molar-refractivity contribution < 1.29 is 28.8 Å². The van der Waals surface area contributed by atoms with Crippen molar-refractivity contribution in [1.82, 2.24) is 0 Å². The second-order valence-electron chi connectivity index (χ2n) is 4.33. The Labute approximate surface area is 117 Å². The molecule has 5 nitrogen and oxygen atoms in total. The summed E-state index contributed by atoms with van der Waals surface area (Å²) in [6.07, 6.45) is -6.94. The van der Waals surface area contributed by atoms with Gasteiger partial charge in [-0.25, -0.2) is 4.39 Å². The van der Waals surface area contributed by atoms with E-state index in [1.807, 2.05) is 0 Å². The smallest absolute Gasteiger partial charge is 0.190 e. The van der Waals surface area contributed by atoms with Crippen molar-refractivity contribution in [1.29, 1.82) is 0 Å². The highest BCUT2D eigenvalue weighted by atomic mass is 19.1. The third kappa shape index (κ3) is 3.97. The number of ether oxygens (including phenoxy) is 3. The zero-order valence-corrected chi connectivity index (χ0v) is 11.8. The topological polar surface area (TPSA) is 68.2 Å². The lowest BCUT2D eigenvalue weighted by atomic mass is 9.97. The van der Waals surface area contributed by atoms with Crippen LogP contribution in [0.5, 0.6) is 0 Å². The molecular weight excluding hydrogens is 267 g/mol. The number of hydrogen-bond donors (Lipinski definition) is 2. The van der Waals surface area contributed by atoms with E-state index in [2.05, 4.69) is 0 Å². The van der Waals surface area contributed by atoms with Crippen molar-refractivity contribution >= 4 is 0 Å². The number of alkyl halides is 1. The van der Waals surface area contributed by atoms with Gasteiger partial charge in [0.2, 0.25) is 0 Å². The third-order valence-electron chi connectivity index (χ3n) is 3.11. The van der Waals surface area contributed by atoms with E-state index in [0.29, 0.717) is 5.56 Å². The molecule has 2 N–H and O–H groups in total. The molecule has 1 rings (SSSR count). The molecule has 1 aromatic carbocycles. The first-order chi connectivity index (χ1) is 9.56. The van der Waals surface area contributed by atoms with Gasteiger partial charge in [-0.05, 0) is 5.56 Å². The molecule has 0 heterocycles. The van der Waals surface area contributed by atoms with Crippen LogP contribution in [-0.2, 0) is 14.2 Å². The normalized spacial score (nSPS) is 17.8. The van der Waals surface area contributed by atoms with Crippen LogP contribution in [0.1, 0.15) is 11.7 Å². The maximum Gasteiger partial charge on any atom is 0.190 e. The van der Waals surface area contributed by atoms with Crippen LogP contribution in [0.3, 0.4) is 0 Å². The molecule has 6 heteroatoms. The van der Waals surface area contributed by atoms with Gasteiger partial charge in [0.15, 0.2) is 12.5 Å². The first kappa shape index (κ1) is 17.0. The molecule has 4 unspecified atom stereocenters. The maximum absolute atomic E-state index is 14.2. The summed E-state index contributed by atoms with van der Waals surface area (Å²) in [7, 11) is 3.82. The summed E-state index contributed by atoms with van der Waals surface area (Å²) in [5.41, 5.74) is 0.473. The molecule has 0 fully saturated rings. The summed E-state index contributed by atoms with van der Waals surface area (Å²) >= 11 is 0. The van der Waals surface area contributed by atoms with Gasteiger partial charge < -0.3 is 24.4 Å². The molecule has 0 radical (unpaired) electrons. The predicted molar refractivity (Wildman–Crippen MR) is 70.9 cm³/mol. The van der Waals surface area contributed by atoms with E-state index in [-0.39, 0.29) is 0 Å². The van der Waals surface area contributed by atoms with Gasteiger partial charge >= 0.3 is 0 Å². The highest BCUT2D eigenvalue weighted by Crippen LogP contribution is 2.24. The lowest BCUT2D eigenvalue weighted by Gasteiger charge is -2.31. The van der Waals surface area contributed by atoms with Crippen LogP contribution in [0, 0.1) is 0 Å². The van der Waals surface area contributed by atoms with Crippen molar-refractivity contribution in [3.8, 4) is 0 Å². The van der Waals surface area contributed by atoms with Crippen LogP contribution in [-0.4, -0.2) is 56.2 Å². The molecule has 0 aliphatic rings. The summed E-state index contributed by atoms with van der Waals surface area (Å²) in [5.74, 6) is 0. The van der Waals surface area contributed by atoms with Gasteiger partial charge in [-0.15, -0.1) is 0 Å². The summed E-state index contributed by atoms with van der Waals surface area (Å²) in [6.45, 7) is 0. The van der Waals surface area contributed by atoms with Gasteiger partial charge in [0.1, 0.15) is 18.3 Å². The Morgan fingerprint density at radius 2 is 1.50 bits per heavy atom. The fraction of sp³-hybridized carbons (Fsp3) is 0.571. The number of benzene rings is 1. The van der Waals surface area contributed by atoms with E-state index in [4.69, 9.17) is 14.2 Å². The predicted octanol–water partition coefficient (Wildman–Crippen LogP) is 1.05. The Hall–Kier alpha value is -1.05. The fourth-order valence-electron chi connectivity index (χ4n) is 2.00. The minimum Gasteiger partial charge on any atom is -0.387 e. The van der Waals surface area contributed by atoms with E-state index >= 15 is 0 Å². The molecule has 0 aliphatic carbocycles. The van der Waals surface area contributed by atoms with E-state index in [9.17, 15) is 14.6 Å². The average molecular weight is 288 g/mol. The zero-order valence-electron chi connectivity index (χ0n) is 11.8. The molecular formula is C14H21FO5. The van der Waals surface area contributed by atoms with E-state index in [1.165, 1.54) is 21.3 Å². The zero-order chi connectivity index (χ0) is 15.1. The van der Waals surface area contributed by atoms with Crippen LogP contribution in [0.25, 0.3) is 0 Å². The molecule has 1 aromatic rings. The fourth-order valence-corrected chi connectivity index (χ4v) is 2.00. The van der Waals surface area contributed by atoms with Crippen LogP contribution < -0.4 is 0 Å². The van der Waals surface area contributed by atoms with Gasteiger partial charge in [0, 0.05) is 21.3 Å². The summed E-state index contributed by atoms with van der Waals surface area (Å²) in [5, 5.41) is 20.2. The highest BCUT2D eigenvalue weighted by Gasteiger charge is 2.38. The first-order valence-corrected chi connectivity index (χ1v) is 6.20. The summed E-state index contributed by atoms with van der Waals surface area (Å²) in [6, 6.07) is 8.48. The van der Waals surface area contributed by atoms with E-state index < -0.39 is 30.8 Å². The van der Waals surface area contributed by atoms with E-state index in [0.717, 1.165) is 0 Å². The molecule has 114 valence electrons. The second-order valence-corrected chi connectivity index (χ2v) is 4.33. The monoisotopic (exact) mass is 288 g/mol. The van der Waals surface area contributed by atoms with Crippen LogP contribution >= 0.6 is 0 Å². The summed E-state index contributed by atoms with van der Waals surface area (Å²) < 4.78 is 28.8. The largest absolute Gasteiger partial charge is 0.387 e. The number of aliphatic hydroxyl groups is 2. The number of hydrogen-bond acceptors (Lipinski definition) is 5. The molecule has 0 spiro atoms. The molecule has 4 atom stereocenters. The average Bonchev–Trinajstić information content (AvgIpc) is 2.49. The van der Waals surface area contributed by atoms with Gasteiger partial charge in [0.05, 0.1) is 0 Å². The molecule has 0 saturated heterocycles. The minimum absolute atomic E-state index is 0.473. The molecule has 0 bridgehead atoms. The number of rotatable bonds is 8. The Morgan fingerprint density at radius 3 is 1.95 bits per heavy atom. The van der Waals surface area contributed by atoms with Crippen molar-refractivity contribution in [2.75, 3.05) is 21.3 Å². The van der Waals surface area contributed by atoms with Crippen LogP contribution in [0.4, 0.5) is 4.39 Å². The first-order valence-electron chi connectivity index (χ1n) is 6.20. The Morgan fingerprint density at radius 1 is 0.950 bits per heavy atom. The Bertz CT molecular complexity index is 371. The van der Waals surface area contributed by atoms with Crippen molar-refractivity contribution in [3.63, 3.8) is 0 Å². The van der Waals surface area contributed by atoms with Gasteiger partial charge in [-0.1, -0.05) is 30.3 Å². The van der Waals surface area contributed by atoms with Crippen LogP contribution in [0.15, 0.2) is 30.3 Å². The Kier molecular flexibility index (Phi) is 7.04. The molecule has 20 heavy (non-hydrogen) atoms. The van der Waals surface area contributed by atoms with Crippen molar-refractivity contribution in [2.45, 2.75) is 30.8 Å². The highest BCUT2D eigenvalue weighted by molar-refractivity contribution is 5.18. The van der Waals surface area contributed by atoms with Crippen molar-refractivity contribution in [3.05, 3.63) is 35.9 Å². The molecule has 0 aliphatic heterocycles. The number of aliphatic hydroxyl groups excluding tert-OH is 2. The standard InChI is InChI=1S/C14H21FO5/c1-18-13(10(15)14(19-2)20-3)12(17)11(16)9-7-5-4-6-8-9/h4-8,10-14,16-17H,1-3H3. The minimum atomic E-state index is -1.75. The van der Waals surface area contributed by atoms with Crippen LogP contribution in [0.2, 0.25) is 0 Å². The SMILES string of the molecule is COC(OC)C(F)C(OC)C(O)C(O)c1ccccc1. The molecule has 0 aromatic heterocycles. The van der Waals surface area contributed by atoms with Crippen molar-refractivity contribution in [2.24, 2.45) is 0 Å². The lowest BCUT2D eigenvalue weighted by molar-refractivity contribution is -0.196. The summed E-state index contributed by atoms with van der Waals surface area (Å²) in [4.78, 5) is 0. The van der Waals surface area contributed by atoms with E-state index in [1.54, 1.807) is 30.3 Å². The Balaban J connectivity index is 2.83. The lowest BCUT2D eigenvalue weighted by Crippen LogP contribution is -2.46. The second kappa shape index (κ2) is 8.28. The maximum atomic E-state index is 14.2. The van der Waals surface area contributed by atoms with Gasteiger partial charge in [-0.2, -0.15) is 0 Å². The third-order valence-corrected chi connectivity index (χ3v) is 3.11. The van der Waals surface area contributed by atoms with Gasteiger partial charge in [0.25, 0.3) is 0 Å². The van der Waals surface area contributed by atoms with Gasteiger partial charge in [-0.3, -0.25) is 0 Å². The molecule has 0 amide bonds. The quantitative estimate of drug-likeness (QED) is 0.700. The number of methoxy groups -OCH3 is 3. The molecule has 0 saturated carbocycles.